The van der Waals surface area contributed by atoms with Crippen LogP contribution in [0.2, 0.25) is 0 Å². The van der Waals surface area contributed by atoms with E-state index < -0.39 is 12.6 Å². The van der Waals surface area contributed by atoms with Gasteiger partial charge < -0.3 is 10.1 Å². The quantitative estimate of drug-likeness (QED) is 0.679. The lowest BCUT2D eigenvalue weighted by Gasteiger charge is -2.07. The van der Waals surface area contributed by atoms with Crippen molar-refractivity contribution in [2.24, 2.45) is 0 Å². The highest BCUT2D eigenvalue weighted by atomic mass is 19.4. The van der Waals surface area contributed by atoms with Gasteiger partial charge in [0.05, 0.1) is 0 Å². The van der Waals surface area contributed by atoms with Crippen LogP contribution in [0.15, 0.2) is 0 Å². The number of alkyl halides is 3. The molecule has 6 heteroatoms. The Bertz CT molecular complexity index is 170. The molecule has 0 aromatic rings. The van der Waals surface area contributed by atoms with Gasteiger partial charge >= 0.3 is 6.18 Å². The third-order valence-electron chi connectivity index (χ3n) is 1.40. The van der Waals surface area contributed by atoms with Crippen LogP contribution >= 0.6 is 0 Å². The average Bonchev–Trinajstić information content (AvgIpc) is 2.07. The van der Waals surface area contributed by atoms with Gasteiger partial charge in [-0.25, -0.2) is 0 Å². The Hall–Kier alpha value is -0.780. The maximum absolute atomic E-state index is 11.6. The Kier molecular flexibility index (Phi) is 6.27. The average molecular weight is 213 g/mol. The first-order chi connectivity index (χ1) is 6.45. The van der Waals surface area contributed by atoms with E-state index >= 15 is 0 Å². The number of carbonyl (C=O) groups is 1. The predicted molar refractivity (Wildman–Crippen MR) is 44.8 cm³/mol. The van der Waals surface area contributed by atoms with Crippen molar-refractivity contribution in [3.8, 4) is 0 Å². The smallest absolute Gasteiger partial charge is 0.372 e. The molecule has 0 spiro atoms. The van der Waals surface area contributed by atoms with Gasteiger partial charge in [-0.1, -0.05) is 0 Å². The molecule has 0 atom stereocenters. The number of halogens is 3. The normalized spacial score (nSPS) is 11.4. The summed E-state index contributed by atoms with van der Waals surface area (Å²) in [5.74, 6) is -0.381. The number of amides is 1. The summed E-state index contributed by atoms with van der Waals surface area (Å²) in [6, 6.07) is 0. The first-order valence-corrected chi connectivity index (χ1v) is 4.37. The summed E-state index contributed by atoms with van der Waals surface area (Å²) in [5.41, 5.74) is 0. The first-order valence-electron chi connectivity index (χ1n) is 4.37. The summed E-state index contributed by atoms with van der Waals surface area (Å²) in [5, 5.41) is 2.33. The third-order valence-corrected chi connectivity index (χ3v) is 1.40. The summed E-state index contributed by atoms with van der Waals surface area (Å²) < 4.78 is 39.7. The number of carbonyl (C=O) groups excluding carboxylic acids is 1. The second-order valence-corrected chi connectivity index (χ2v) is 2.71. The van der Waals surface area contributed by atoms with E-state index in [0.717, 1.165) is 0 Å². The predicted octanol–water partition coefficient (Wildman–Crippen LogP) is 1.48. The van der Waals surface area contributed by atoms with E-state index in [1.54, 1.807) is 6.92 Å². The highest BCUT2D eigenvalue weighted by Crippen LogP contribution is 2.20. The van der Waals surface area contributed by atoms with Crippen molar-refractivity contribution in [2.45, 2.75) is 25.9 Å². The number of nitrogens with one attached hydrogen (secondary N) is 1. The van der Waals surface area contributed by atoms with Crippen molar-refractivity contribution < 1.29 is 22.7 Å². The number of hydrogen-bond acceptors (Lipinski definition) is 2. The molecule has 0 rings (SSSR count). The molecule has 0 aromatic heterocycles. The first kappa shape index (κ1) is 13.2. The minimum atomic E-state index is -4.15. The fraction of sp³-hybridized carbons (Fsp3) is 0.875. The molecule has 0 aliphatic carbocycles. The lowest BCUT2D eigenvalue weighted by molar-refractivity contribution is -0.136. The molecule has 1 amide bonds. The minimum Gasteiger partial charge on any atom is -0.372 e. The Morgan fingerprint density at radius 1 is 1.43 bits per heavy atom. The van der Waals surface area contributed by atoms with Crippen molar-refractivity contribution in [3.63, 3.8) is 0 Å². The van der Waals surface area contributed by atoms with Crippen molar-refractivity contribution in [1.29, 1.82) is 0 Å². The van der Waals surface area contributed by atoms with Crippen LogP contribution in [-0.2, 0) is 9.53 Å². The molecule has 3 nitrogen and oxygen atoms in total. The zero-order chi connectivity index (χ0) is 11.0. The molecule has 14 heavy (non-hydrogen) atoms. The number of rotatable bonds is 6. The zero-order valence-corrected chi connectivity index (χ0v) is 7.99. The second kappa shape index (κ2) is 6.64. The van der Waals surface area contributed by atoms with Crippen LogP contribution in [0.5, 0.6) is 0 Å². The highest BCUT2D eigenvalue weighted by Gasteiger charge is 2.25. The highest BCUT2D eigenvalue weighted by molar-refractivity contribution is 5.77. The van der Waals surface area contributed by atoms with Crippen molar-refractivity contribution >= 4 is 5.91 Å². The lowest BCUT2D eigenvalue weighted by Crippen LogP contribution is -2.29. The van der Waals surface area contributed by atoms with Crippen LogP contribution in [0.4, 0.5) is 13.2 Å². The summed E-state index contributed by atoms with van der Waals surface area (Å²) in [6.45, 7) is 2.08. The van der Waals surface area contributed by atoms with Gasteiger partial charge in [-0.05, 0) is 13.3 Å². The largest absolute Gasteiger partial charge is 0.389 e. The summed E-state index contributed by atoms with van der Waals surface area (Å²) in [7, 11) is 0. The van der Waals surface area contributed by atoms with E-state index in [9.17, 15) is 18.0 Å². The van der Waals surface area contributed by atoms with Crippen LogP contribution in [0.25, 0.3) is 0 Å². The van der Waals surface area contributed by atoms with Gasteiger partial charge in [-0.2, -0.15) is 13.2 Å². The fourth-order valence-corrected chi connectivity index (χ4v) is 0.762. The molecule has 1 N–H and O–H groups in total. The van der Waals surface area contributed by atoms with Gasteiger partial charge in [0.2, 0.25) is 5.91 Å². The maximum Gasteiger partial charge on any atom is 0.389 e. The third kappa shape index (κ3) is 9.31. The van der Waals surface area contributed by atoms with Crippen LogP contribution < -0.4 is 5.32 Å². The van der Waals surface area contributed by atoms with E-state index in [2.05, 4.69) is 5.32 Å². The van der Waals surface area contributed by atoms with E-state index in [1.807, 2.05) is 0 Å². The Morgan fingerprint density at radius 2 is 2.07 bits per heavy atom. The standard InChI is InChI=1S/C8H14F3NO2/c1-2-14-6-7(13)12-5-3-4-8(9,10)11/h2-6H2,1H3,(H,12,13). The number of hydrogen-bond donors (Lipinski definition) is 1. The molecule has 0 radical (unpaired) electrons. The Labute approximate surface area is 80.6 Å². The lowest BCUT2D eigenvalue weighted by atomic mass is 10.3. The van der Waals surface area contributed by atoms with Gasteiger partial charge in [0.1, 0.15) is 6.61 Å². The molecule has 0 unspecified atom stereocenters. The molecule has 0 bridgehead atoms. The van der Waals surface area contributed by atoms with Gasteiger partial charge in [-0.15, -0.1) is 0 Å². The Balaban J connectivity index is 3.32. The van der Waals surface area contributed by atoms with E-state index in [4.69, 9.17) is 4.74 Å². The minimum absolute atomic E-state index is 0.0332. The number of ether oxygens (including phenoxy) is 1. The molecule has 0 aliphatic rings. The second-order valence-electron chi connectivity index (χ2n) is 2.71. The monoisotopic (exact) mass is 213 g/mol. The molecular weight excluding hydrogens is 199 g/mol. The van der Waals surface area contributed by atoms with Crippen LogP contribution in [-0.4, -0.2) is 31.8 Å². The molecule has 0 heterocycles. The molecule has 0 saturated heterocycles. The van der Waals surface area contributed by atoms with Crippen LogP contribution in [0.1, 0.15) is 19.8 Å². The van der Waals surface area contributed by atoms with Gasteiger partial charge in [0.15, 0.2) is 0 Å². The summed E-state index contributed by atoms with van der Waals surface area (Å²) >= 11 is 0. The molecular formula is C8H14F3NO2. The van der Waals surface area contributed by atoms with Crippen molar-refractivity contribution in [3.05, 3.63) is 0 Å². The zero-order valence-electron chi connectivity index (χ0n) is 7.99. The van der Waals surface area contributed by atoms with E-state index in [0.29, 0.717) is 6.61 Å². The summed E-state index contributed by atoms with van der Waals surface area (Å²) in [4.78, 5) is 10.8. The molecule has 0 aromatic carbocycles. The topological polar surface area (TPSA) is 38.3 Å². The van der Waals surface area contributed by atoms with Gasteiger partial charge in [-0.3, -0.25) is 4.79 Å². The van der Waals surface area contributed by atoms with Crippen molar-refractivity contribution in [2.75, 3.05) is 19.8 Å². The molecule has 0 aliphatic heterocycles. The fourth-order valence-electron chi connectivity index (χ4n) is 0.762. The molecule has 0 fully saturated rings. The van der Waals surface area contributed by atoms with Crippen LogP contribution in [0.3, 0.4) is 0 Å². The SMILES string of the molecule is CCOCC(=O)NCCCC(F)(F)F. The summed E-state index contributed by atoms with van der Waals surface area (Å²) in [6.07, 6.45) is -5.12. The van der Waals surface area contributed by atoms with Crippen LogP contribution in [0, 0.1) is 0 Å². The van der Waals surface area contributed by atoms with Gasteiger partial charge in [0.25, 0.3) is 0 Å². The Morgan fingerprint density at radius 3 is 2.57 bits per heavy atom. The van der Waals surface area contributed by atoms with Gasteiger partial charge in [0, 0.05) is 19.6 Å². The molecule has 84 valence electrons. The molecule has 0 saturated carbocycles. The van der Waals surface area contributed by atoms with E-state index in [1.165, 1.54) is 0 Å². The van der Waals surface area contributed by atoms with E-state index in [-0.39, 0.29) is 25.5 Å². The maximum atomic E-state index is 11.6. The van der Waals surface area contributed by atoms with Crippen molar-refractivity contribution in [1.82, 2.24) is 5.32 Å².